The number of para-hydroxylation sites is 1. The normalized spacial score (nSPS) is 12.2. The van der Waals surface area contributed by atoms with Gasteiger partial charge in [-0.1, -0.05) is 43.0 Å². The highest BCUT2D eigenvalue weighted by molar-refractivity contribution is 7.99. The molecule has 0 aliphatic rings. The third kappa shape index (κ3) is 3.28. The summed E-state index contributed by atoms with van der Waals surface area (Å²) in [5.74, 6) is 1.22. The lowest BCUT2D eigenvalue weighted by Gasteiger charge is -2.10. The van der Waals surface area contributed by atoms with Crippen LogP contribution in [0.15, 0.2) is 59.9 Å². The maximum absolute atomic E-state index is 4.39. The van der Waals surface area contributed by atoms with E-state index in [0.29, 0.717) is 5.92 Å². The number of pyridine rings is 1. The van der Waals surface area contributed by atoms with Gasteiger partial charge in [-0.15, -0.1) is 5.10 Å². The monoisotopic (exact) mass is 297 g/mol. The number of aromatic nitrogens is 5. The van der Waals surface area contributed by atoms with Crippen LogP contribution >= 0.6 is 11.8 Å². The van der Waals surface area contributed by atoms with Crippen molar-refractivity contribution in [3.05, 3.63) is 60.4 Å². The first-order chi connectivity index (χ1) is 10.3. The summed E-state index contributed by atoms with van der Waals surface area (Å²) in [4.78, 5) is 4.39. The van der Waals surface area contributed by atoms with Crippen molar-refractivity contribution < 1.29 is 0 Å². The molecule has 0 aliphatic heterocycles. The highest BCUT2D eigenvalue weighted by Crippen LogP contribution is 2.24. The Labute approximate surface area is 127 Å². The molecule has 106 valence electrons. The van der Waals surface area contributed by atoms with Crippen LogP contribution in [0.2, 0.25) is 0 Å². The predicted molar refractivity (Wildman–Crippen MR) is 82.5 cm³/mol. The average molecular weight is 297 g/mol. The van der Waals surface area contributed by atoms with Gasteiger partial charge in [0.2, 0.25) is 5.16 Å². The van der Waals surface area contributed by atoms with Gasteiger partial charge < -0.3 is 0 Å². The molecule has 3 aromatic rings. The molecule has 0 radical (unpaired) electrons. The van der Waals surface area contributed by atoms with Crippen molar-refractivity contribution in [3.63, 3.8) is 0 Å². The first kappa shape index (κ1) is 13.8. The third-order valence-corrected chi connectivity index (χ3v) is 4.28. The molecule has 0 fully saturated rings. The van der Waals surface area contributed by atoms with Gasteiger partial charge in [-0.3, -0.25) is 4.98 Å². The van der Waals surface area contributed by atoms with Gasteiger partial charge in [-0.05, 0) is 34.7 Å². The minimum atomic E-state index is 0.345. The Morgan fingerprint density at radius 2 is 1.90 bits per heavy atom. The van der Waals surface area contributed by atoms with E-state index in [0.717, 1.165) is 22.3 Å². The molecule has 6 heteroatoms. The molecule has 0 bridgehead atoms. The van der Waals surface area contributed by atoms with Crippen molar-refractivity contribution in [2.75, 3.05) is 5.75 Å². The Morgan fingerprint density at radius 1 is 1.10 bits per heavy atom. The Balaban J connectivity index is 1.71. The minimum Gasteiger partial charge on any atom is -0.261 e. The van der Waals surface area contributed by atoms with E-state index in [-0.39, 0.29) is 0 Å². The van der Waals surface area contributed by atoms with Gasteiger partial charge >= 0.3 is 0 Å². The van der Waals surface area contributed by atoms with Gasteiger partial charge in [0.25, 0.3) is 0 Å². The molecular formula is C15H15N5S. The Hall–Kier alpha value is -2.21. The summed E-state index contributed by atoms with van der Waals surface area (Å²) in [7, 11) is 0. The van der Waals surface area contributed by atoms with Crippen LogP contribution in [0.25, 0.3) is 5.69 Å². The lowest BCUT2D eigenvalue weighted by Crippen LogP contribution is -2.02. The van der Waals surface area contributed by atoms with Crippen molar-refractivity contribution >= 4 is 11.8 Å². The molecule has 1 atom stereocenters. The van der Waals surface area contributed by atoms with Crippen molar-refractivity contribution in [2.24, 2.45) is 0 Å². The van der Waals surface area contributed by atoms with Crippen molar-refractivity contribution in [1.29, 1.82) is 0 Å². The molecule has 0 N–H and O–H groups in total. The summed E-state index contributed by atoms with van der Waals surface area (Å²) in [6, 6.07) is 15.9. The van der Waals surface area contributed by atoms with Gasteiger partial charge in [0, 0.05) is 23.6 Å². The van der Waals surface area contributed by atoms with Crippen LogP contribution in [-0.2, 0) is 0 Å². The molecule has 2 heterocycles. The van der Waals surface area contributed by atoms with E-state index < -0.39 is 0 Å². The molecule has 21 heavy (non-hydrogen) atoms. The second-order valence-electron chi connectivity index (χ2n) is 4.68. The Morgan fingerprint density at radius 3 is 2.67 bits per heavy atom. The van der Waals surface area contributed by atoms with E-state index in [1.165, 1.54) is 0 Å². The van der Waals surface area contributed by atoms with Gasteiger partial charge in [-0.25, -0.2) is 0 Å². The number of thioether (sulfide) groups is 1. The van der Waals surface area contributed by atoms with Crippen LogP contribution < -0.4 is 0 Å². The molecule has 2 aromatic heterocycles. The van der Waals surface area contributed by atoms with Gasteiger partial charge in [0.15, 0.2) is 0 Å². The molecule has 5 nitrogen and oxygen atoms in total. The number of hydrogen-bond donors (Lipinski definition) is 0. The zero-order valence-electron chi connectivity index (χ0n) is 11.6. The summed E-state index contributed by atoms with van der Waals surface area (Å²) in [5, 5.41) is 12.7. The highest BCUT2D eigenvalue weighted by atomic mass is 32.2. The fourth-order valence-corrected chi connectivity index (χ4v) is 2.88. The average Bonchev–Trinajstić information content (AvgIpc) is 3.03. The summed E-state index contributed by atoms with van der Waals surface area (Å²) >= 11 is 1.64. The van der Waals surface area contributed by atoms with E-state index >= 15 is 0 Å². The van der Waals surface area contributed by atoms with E-state index in [1.807, 2.05) is 54.7 Å². The van der Waals surface area contributed by atoms with Crippen LogP contribution in [-0.4, -0.2) is 30.9 Å². The van der Waals surface area contributed by atoms with Crippen molar-refractivity contribution in [1.82, 2.24) is 25.2 Å². The molecule has 0 aliphatic carbocycles. The van der Waals surface area contributed by atoms with Crippen molar-refractivity contribution in [3.8, 4) is 5.69 Å². The van der Waals surface area contributed by atoms with E-state index in [4.69, 9.17) is 0 Å². The molecule has 0 spiro atoms. The molecule has 1 aromatic carbocycles. The summed E-state index contributed by atoms with van der Waals surface area (Å²) < 4.78 is 1.76. The lowest BCUT2D eigenvalue weighted by atomic mass is 10.1. The standard InChI is InChI=1S/C15H15N5S/c1-12(14-9-5-6-10-16-14)11-21-15-17-18-19-20(15)13-7-3-2-4-8-13/h2-10,12H,11H2,1H3. The summed E-state index contributed by atoms with van der Waals surface area (Å²) in [6.07, 6.45) is 1.82. The number of hydrogen-bond acceptors (Lipinski definition) is 5. The largest absolute Gasteiger partial charge is 0.261 e. The maximum Gasteiger partial charge on any atom is 0.214 e. The second kappa shape index (κ2) is 6.49. The first-order valence-corrected chi connectivity index (χ1v) is 7.70. The molecule has 1 unspecified atom stereocenters. The first-order valence-electron chi connectivity index (χ1n) is 6.72. The summed E-state index contributed by atoms with van der Waals surface area (Å²) in [5.41, 5.74) is 2.05. The number of tetrazole rings is 1. The SMILES string of the molecule is CC(CSc1nnnn1-c1ccccc1)c1ccccn1. The van der Waals surface area contributed by atoms with Crippen LogP contribution in [0.5, 0.6) is 0 Å². The smallest absolute Gasteiger partial charge is 0.214 e. The minimum absolute atomic E-state index is 0.345. The van der Waals surface area contributed by atoms with E-state index in [2.05, 4.69) is 27.4 Å². The zero-order chi connectivity index (χ0) is 14.5. The van der Waals surface area contributed by atoms with Gasteiger partial charge in [0.1, 0.15) is 0 Å². The van der Waals surface area contributed by atoms with Crippen molar-refractivity contribution in [2.45, 2.75) is 18.0 Å². The van der Waals surface area contributed by atoms with Gasteiger partial charge in [-0.2, -0.15) is 4.68 Å². The van der Waals surface area contributed by atoms with Crippen LogP contribution in [0.4, 0.5) is 0 Å². The fourth-order valence-electron chi connectivity index (χ4n) is 1.95. The van der Waals surface area contributed by atoms with E-state index in [9.17, 15) is 0 Å². The molecule has 3 rings (SSSR count). The predicted octanol–water partition coefficient (Wildman–Crippen LogP) is 2.95. The van der Waals surface area contributed by atoms with Crippen LogP contribution in [0.3, 0.4) is 0 Å². The number of benzene rings is 1. The molecular weight excluding hydrogens is 282 g/mol. The van der Waals surface area contributed by atoms with Crippen LogP contribution in [0, 0.1) is 0 Å². The number of rotatable bonds is 5. The lowest BCUT2D eigenvalue weighted by molar-refractivity contribution is 0.754. The second-order valence-corrected chi connectivity index (χ2v) is 5.66. The zero-order valence-corrected chi connectivity index (χ0v) is 12.4. The van der Waals surface area contributed by atoms with Crippen LogP contribution in [0.1, 0.15) is 18.5 Å². The highest BCUT2D eigenvalue weighted by Gasteiger charge is 2.12. The Bertz CT molecular complexity index is 684. The Kier molecular flexibility index (Phi) is 4.25. The fraction of sp³-hybridized carbons (Fsp3) is 0.200. The molecule has 0 saturated heterocycles. The summed E-state index contributed by atoms with van der Waals surface area (Å²) in [6.45, 7) is 2.16. The molecule has 0 amide bonds. The molecule has 0 saturated carbocycles. The topological polar surface area (TPSA) is 56.5 Å². The van der Waals surface area contributed by atoms with E-state index in [1.54, 1.807) is 16.4 Å². The third-order valence-electron chi connectivity index (χ3n) is 3.10. The maximum atomic E-state index is 4.39. The van der Waals surface area contributed by atoms with Gasteiger partial charge in [0.05, 0.1) is 5.69 Å². The quantitative estimate of drug-likeness (QED) is 0.678. The number of nitrogens with zero attached hydrogens (tertiary/aromatic N) is 5.